The predicted octanol–water partition coefficient (Wildman–Crippen LogP) is 11.3. The summed E-state index contributed by atoms with van der Waals surface area (Å²) in [5.41, 5.74) is 30.9. The Morgan fingerprint density at radius 3 is 1.35 bits per heavy atom. The molecule has 4 unspecified atom stereocenters. The minimum absolute atomic E-state index is 0.0926. The molecule has 3 aromatic carbocycles. The number of nitrogens with zero attached hydrogens (tertiary/aromatic N) is 16. The summed E-state index contributed by atoms with van der Waals surface area (Å²) in [5.74, 6) is -0.263. The molecule has 486 valence electrons. The normalized spacial score (nSPS) is 12.9. The lowest BCUT2D eigenvalue weighted by atomic mass is 10.0. The molecule has 25 nitrogen and oxygen atoms in total. The van der Waals surface area contributed by atoms with E-state index in [4.69, 9.17) is 66.6 Å². The highest BCUT2D eigenvalue weighted by molar-refractivity contribution is 6.31. The van der Waals surface area contributed by atoms with Gasteiger partial charge in [-0.05, 0) is 130 Å². The Labute approximate surface area is 566 Å². The van der Waals surface area contributed by atoms with Gasteiger partial charge >= 0.3 is 0 Å². The second kappa shape index (κ2) is 32.3. The van der Waals surface area contributed by atoms with E-state index in [1.54, 1.807) is 48.9 Å². The summed E-state index contributed by atoms with van der Waals surface area (Å²) in [6.07, 6.45) is 9.56. The number of aromatic amines is 1. The van der Waals surface area contributed by atoms with E-state index in [1.807, 2.05) is 106 Å². The minimum Gasteiger partial charge on any atom is -0.382 e. The number of hydrogen-bond acceptors (Lipinski definition) is 24. The van der Waals surface area contributed by atoms with Gasteiger partial charge in [0.1, 0.15) is 99.9 Å². The Bertz CT molecular complexity index is 5180. The molecule has 0 aliphatic carbocycles. The molecule has 98 heavy (non-hydrogen) atoms. The van der Waals surface area contributed by atoms with Crippen LogP contribution in [0.5, 0.6) is 0 Å². The first kappa shape index (κ1) is 69.4. The quantitative estimate of drug-likeness (QED) is 0.0466. The smallest absolute Gasteiger partial charge is 0.270 e. The van der Waals surface area contributed by atoms with Crippen molar-refractivity contribution in [3.63, 3.8) is 0 Å². The van der Waals surface area contributed by atoms with Crippen LogP contribution in [0.25, 0.3) is 66.5 Å². The number of nitrogen functional groups attached to an aromatic ring is 2. The van der Waals surface area contributed by atoms with Crippen molar-refractivity contribution >= 4 is 85.5 Å². The zero-order valence-electron chi connectivity index (χ0n) is 51.7. The number of aromatic nitrogens is 12. The Morgan fingerprint density at radius 2 is 0.959 bits per heavy atom. The Hall–Kier alpha value is -13.0. The van der Waals surface area contributed by atoms with Crippen molar-refractivity contribution in [2.24, 2.45) is 16.5 Å². The van der Waals surface area contributed by atoms with Crippen LogP contribution >= 0.6 is 23.2 Å². The van der Waals surface area contributed by atoms with Crippen LogP contribution in [0.1, 0.15) is 72.7 Å². The SMILES string of the molecule is CC(N)c1nc2ccc(F)cc2cc1-c1ccccn1.CC(Nc1nc[nH]c(=O)c1C#N)c1nc2ccc(F)cc2cc1-c1ccccn1.CC(Nc1ncnc(N)c1C#N)c1nc2ccc(F)cc2cc1-c1ccccn1.N#CC1=C(Cl)NC=NC1N.N#Cc1c(N)ncnc1Cl. The molecule has 10 heterocycles. The number of pyridine rings is 6. The van der Waals surface area contributed by atoms with Crippen LogP contribution < -0.4 is 44.4 Å². The van der Waals surface area contributed by atoms with E-state index in [2.05, 4.69) is 70.8 Å². The highest BCUT2D eigenvalue weighted by Crippen LogP contribution is 2.34. The first-order chi connectivity index (χ1) is 47.3. The molecule has 30 heteroatoms. The number of nitriles is 4. The van der Waals surface area contributed by atoms with Gasteiger partial charge in [0.05, 0.1) is 75.5 Å². The number of benzene rings is 3. The molecule has 0 bridgehead atoms. The molecular weight excluding hydrogens is 1300 g/mol. The van der Waals surface area contributed by atoms with Crippen LogP contribution in [0.15, 0.2) is 185 Å². The van der Waals surface area contributed by atoms with Gasteiger partial charge < -0.3 is 43.9 Å². The number of nitrogens with one attached hydrogen (secondary N) is 4. The summed E-state index contributed by atoms with van der Waals surface area (Å²) >= 11 is 11.0. The van der Waals surface area contributed by atoms with E-state index < -0.39 is 17.8 Å². The molecule has 0 spiro atoms. The van der Waals surface area contributed by atoms with Gasteiger partial charge in [0, 0.05) is 57.5 Å². The molecule has 4 atom stereocenters. The lowest BCUT2D eigenvalue weighted by Gasteiger charge is -2.19. The average Bonchev–Trinajstić information content (AvgIpc) is 0.800. The van der Waals surface area contributed by atoms with Gasteiger partial charge in [0.25, 0.3) is 5.56 Å². The molecule has 0 fully saturated rings. The minimum atomic E-state index is -0.612. The fourth-order valence-corrected chi connectivity index (χ4v) is 9.89. The van der Waals surface area contributed by atoms with Gasteiger partial charge in [0.15, 0.2) is 16.5 Å². The molecular formula is C68H53Cl2F3N24O. The van der Waals surface area contributed by atoms with Crippen LogP contribution in [-0.4, -0.2) is 72.3 Å². The molecule has 1 aliphatic heterocycles. The van der Waals surface area contributed by atoms with Crippen molar-refractivity contribution in [2.75, 3.05) is 22.1 Å². The van der Waals surface area contributed by atoms with Gasteiger partial charge in [-0.2, -0.15) is 21.0 Å². The second-order valence-electron chi connectivity index (χ2n) is 20.8. The maximum Gasteiger partial charge on any atom is 0.270 e. The van der Waals surface area contributed by atoms with Crippen LogP contribution in [0, 0.1) is 62.8 Å². The molecule has 0 amide bonds. The van der Waals surface area contributed by atoms with Crippen molar-refractivity contribution in [3.05, 3.63) is 242 Å². The number of anilines is 4. The first-order valence-corrected chi connectivity index (χ1v) is 29.9. The van der Waals surface area contributed by atoms with E-state index in [0.29, 0.717) is 56.0 Å². The zero-order valence-corrected chi connectivity index (χ0v) is 53.2. The predicted molar refractivity (Wildman–Crippen MR) is 366 cm³/mol. The zero-order chi connectivity index (χ0) is 70.0. The Balaban J connectivity index is 0.000000152. The fraction of sp³-hybridized carbons (Fsp3) is 0.103. The molecule has 12 aromatic rings. The molecule has 0 radical (unpaired) electrons. The fourth-order valence-electron chi connectivity index (χ4n) is 9.51. The first-order valence-electron chi connectivity index (χ1n) is 29.1. The number of aliphatic imine (C=N–C) groups is 1. The number of H-pyrrole nitrogens is 1. The standard InChI is InChI=1S/C21H16FN7.C21H15FN6O.C16H14FN3.C5H5ClN4.C5H3ClN4/c1-12(28-21-16(10-23)20(24)26-11-27-21)19-15(18-4-2-3-7-25-18)9-13-8-14(22)5-6-17(13)29-19;1-12(27-20-16(10-23)21(29)26-11-25-20)19-15(18-4-2-3-7-24-18)9-13-8-14(22)5-6-17(13)28-19;1-10(18)16-13(15-4-2-3-7-19-15)9-11-8-12(17)5-6-14(11)20-16;2*6-4-3(1-7)5(8)10-2-9-4/h2-9,11-12H,1H3,(H3,24,26,27,28);2-9,11-12H,1H3,(H2,25,26,27,29);2-10H,18H2,1H3;2,5H,8H2,(H,9,10);2H,(H2,8,9,10). The number of hydrogen-bond donors (Lipinski definition) is 8. The average molecular weight is 1350 g/mol. The molecule has 0 saturated carbocycles. The van der Waals surface area contributed by atoms with Crippen LogP contribution in [0.4, 0.5) is 36.4 Å². The van der Waals surface area contributed by atoms with E-state index in [1.165, 1.54) is 61.7 Å². The van der Waals surface area contributed by atoms with Crippen molar-refractivity contribution in [1.82, 2.24) is 65.1 Å². The summed E-state index contributed by atoms with van der Waals surface area (Å²) in [4.78, 5) is 64.3. The highest BCUT2D eigenvalue weighted by atomic mass is 35.5. The Morgan fingerprint density at radius 1 is 0.531 bits per heavy atom. The van der Waals surface area contributed by atoms with Crippen molar-refractivity contribution in [2.45, 2.75) is 45.1 Å². The Kier molecular flexibility index (Phi) is 22.8. The lowest BCUT2D eigenvalue weighted by molar-refractivity contribution is 0.629. The van der Waals surface area contributed by atoms with E-state index in [-0.39, 0.29) is 79.6 Å². The largest absolute Gasteiger partial charge is 0.382 e. The van der Waals surface area contributed by atoms with Crippen LogP contribution in [0.2, 0.25) is 5.15 Å². The van der Waals surface area contributed by atoms with Gasteiger partial charge in [-0.25, -0.2) is 48.1 Å². The molecule has 1 aliphatic rings. The summed E-state index contributed by atoms with van der Waals surface area (Å²) in [5, 5.41) is 46.7. The molecule has 9 aromatic heterocycles. The highest BCUT2D eigenvalue weighted by Gasteiger charge is 2.22. The second-order valence-corrected chi connectivity index (χ2v) is 21.6. The summed E-state index contributed by atoms with van der Waals surface area (Å²) in [7, 11) is 0. The van der Waals surface area contributed by atoms with Crippen molar-refractivity contribution < 1.29 is 13.2 Å². The molecule has 0 saturated heterocycles. The third-order valence-corrected chi connectivity index (χ3v) is 14.8. The third kappa shape index (κ3) is 16.9. The van der Waals surface area contributed by atoms with Gasteiger partial charge in [0.2, 0.25) is 0 Å². The number of halogens is 5. The van der Waals surface area contributed by atoms with Gasteiger partial charge in [-0.3, -0.25) is 29.7 Å². The number of nitrogens with two attached hydrogens (primary N) is 4. The number of rotatable bonds is 10. The summed E-state index contributed by atoms with van der Waals surface area (Å²) < 4.78 is 40.8. The van der Waals surface area contributed by atoms with Crippen LogP contribution in [-0.2, 0) is 0 Å². The van der Waals surface area contributed by atoms with Gasteiger partial charge in [-0.15, -0.1) is 0 Å². The number of fused-ring (bicyclic) bond motifs is 3. The van der Waals surface area contributed by atoms with E-state index in [9.17, 15) is 28.5 Å². The summed E-state index contributed by atoms with van der Waals surface area (Å²) in [6.45, 7) is 5.61. The van der Waals surface area contributed by atoms with Crippen molar-refractivity contribution in [3.8, 4) is 58.0 Å². The maximum absolute atomic E-state index is 13.7. The third-order valence-electron chi connectivity index (χ3n) is 14.2. The van der Waals surface area contributed by atoms with E-state index >= 15 is 0 Å². The topological polar surface area (TPSA) is 422 Å². The van der Waals surface area contributed by atoms with Crippen LogP contribution in [0.3, 0.4) is 0 Å². The monoisotopic (exact) mass is 1350 g/mol. The molecule has 13 rings (SSSR count). The van der Waals surface area contributed by atoms with Gasteiger partial charge in [-0.1, -0.05) is 41.4 Å². The van der Waals surface area contributed by atoms with Crippen molar-refractivity contribution in [1.29, 1.82) is 21.0 Å². The van der Waals surface area contributed by atoms with E-state index in [0.717, 1.165) is 33.4 Å². The maximum atomic E-state index is 13.7. The molecule has 12 N–H and O–H groups in total. The lowest BCUT2D eigenvalue weighted by Crippen LogP contribution is -2.28. The summed E-state index contributed by atoms with van der Waals surface area (Å²) in [6, 6.07) is 42.2.